The topological polar surface area (TPSA) is 3.24 Å². The van der Waals surface area contributed by atoms with Crippen LogP contribution in [0.25, 0.3) is 0 Å². The van der Waals surface area contributed by atoms with Crippen molar-refractivity contribution in [3.8, 4) is 0 Å². The van der Waals surface area contributed by atoms with Gasteiger partial charge in [-0.15, -0.1) is 0 Å². The van der Waals surface area contributed by atoms with Crippen molar-refractivity contribution in [2.24, 2.45) is 0 Å². The second-order valence-corrected chi connectivity index (χ2v) is 3.98. The Morgan fingerprint density at radius 3 is 3.00 bits per heavy atom. The van der Waals surface area contributed by atoms with Gasteiger partial charge in [-0.2, -0.15) is 0 Å². The number of rotatable bonds is 0. The average Bonchev–Trinajstić information content (AvgIpc) is 2.19. The third-order valence-corrected chi connectivity index (χ3v) is 3.23. The Morgan fingerprint density at radius 2 is 2.15 bits per heavy atom. The summed E-state index contributed by atoms with van der Waals surface area (Å²) in [5.41, 5.74) is 4.32. The zero-order chi connectivity index (χ0) is 8.84. The number of piperidine rings is 1. The van der Waals surface area contributed by atoms with Gasteiger partial charge in [-0.1, -0.05) is 30.4 Å². The molecule has 3 aliphatic rings. The van der Waals surface area contributed by atoms with Gasteiger partial charge in [-0.3, -0.25) is 0 Å². The lowest BCUT2D eigenvalue weighted by Crippen LogP contribution is -2.40. The van der Waals surface area contributed by atoms with Gasteiger partial charge in [0.1, 0.15) is 0 Å². The summed E-state index contributed by atoms with van der Waals surface area (Å²) in [6.45, 7) is 6.43. The minimum absolute atomic E-state index is 0.640. The molecule has 0 aliphatic carbocycles. The normalized spacial score (nSPS) is 24.8. The summed E-state index contributed by atoms with van der Waals surface area (Å²) in [4.78, 5) is 2.44. The third-order valence-electron chi connectivity index (χ3n) is 3.23. The minimum atomic E-state index is 0.640. The SMILES string of the molecule is C=C1CN2CCC1c1ccccc12. The molecule has 66 valence electrons. The maximum atomic E-state index is 4.15. The van der Waals surface area contributed by atoms with Crippen LogP contribution in [0.3, 0.4) is 0 Å². The molecule has 0 aromatic heterocycles. The average molecular weight is 171 g/mol. The quantitative estimate of drug-likeness (QED) is 0.542. The first-order valence-corrected chi connectivity index (χ1v) is 4.88. The molecule has 0 radical (unpaired) electrons. The largest absolute Gasteiger partial charge is 0.367 e. The van der Waals surface area contributed by atoms with Crippen molar-refractivity contribution in [1.82, 2.24) is 0 Å². The summed E-state index contributed by atoms with van der Waals surface area (Å²) in [6.07, 6.45) is 1.26. The molecule has 0 spiro atoms. The van der Waals surface area contributed by atoms with Crippen LogP contribution in [0, 0.1) is 0 Å². The lowest BCUT2D eigenvalue weighted by molar-refractivity contribution is 0.573. The Morgan fingerprint density at radius 1 is 1.31 bits per heavy atom. The van der Waals surface area contributed by atoms with Crippen LogP contribution in [0.5, 0.6) is 0 Å². The molecule has 1 nitrogen and oxygen atoms in total. The molecule has 4 rings (SSSR count). The van der Waals surface area contributed by atoms with E-state index < -0.39 is 0 Å². The van der Waals surface area contributed by atoms with Crippen LogP contribution >= 0.6 is 0 Å². The summed E-state index contributed by atoms with van der Waals surface area (Å²) in [7, 11) is 0. The van der Waals surface area contributed by atoms with Crippen LogP contribution in [0.1, 0.15) is 17.9 Å². The molecule has 0 amide bonds. The summed E-state index contributed by atoms with van der Waals surface area (Å²) < 4.78 is 0. The second-order valence-electron chi connectivity index (χ2n) is 3.98. The first-order valence-electron chi connectivity index (χ1n) is 4.88. The minimum Gasteiger partial charge on any atom is -0.367 e. The van der Waals surface area contributed by atoms with Crippen molar-refractivity contribution in [3.05, 3.63) is 42.0 Å². The highest BCUT2D eigenvalue weighted by Gasteiger charge is 2.32. The number of fused-ring (bicyclic) bond motifs is 2. The fraction of sp³-hybridized carbons (Fsp3) is 0.333. The van der Waals surface area contributed by atoms with Gasteiger partial charge in [0.05, 0.1) is 0 Å². The Labute approximate surface area is 78.7 Å². The summed E-state index contributed by atoms with van der Waals surface area (Å²) in [5, 5.41) is 0. The maximum absolute atomic E-state index is 4.15. The van der Waals surface area contributed by atoms with Gasteiger partial charge in [0.2, 0.25) is 0 Å². The van der Waals surface area contributed by atoms with Gasteiger partial charge in [0.15, 0.2) is 0 Å². The van der Waals surface area contributed by atoms with Crippen molar-refractivity contribution in [2.75, 3.05) is 18.0 Å². The van der Waals surface area contributed by atoms with E-state index in [4.69, 9.17) is 0 Å². The molecular weight excluding hydrogens is 158 g/mol. The van der Waals surface area contributed by atoms with Crippen LogP contribution in [0.15, 0.2) is 36.4 Å². The van der Waals surface area contributed by atoms with Gasteiger partial charge in [-0.25, -0.2) is 0 Å². The molecule has 1 unspecified atom stereocenters. The van der Waals surface area contributed by atoms with Crippen LogP contribution < -0.4 is 4.90 Å². The molecule has 3 aliphatic heterocycles. The molecule has 1 heteroatoms. The number of benzene rings is 1. The summed E-state index contributed by atoms with van der Waals surface area (Å²) in [6, 6.07) is 8.74. The van der Waals surface area contributed by atoms with Gasteiger partial charge >= 0.3 is 0 Å². The lowest BCUT2D eigenvalue weighted by Gasteiger charge is -2.43. The number of nitrogens with zero attached hydrogens (tertiary/aromatic N) is 1. The number of hydrogen-bond donors (Lipinski definition) is 0. The lowest BCUT2D eigenvalue weighted by atomic mass is 9.80. The van der Waals surface area contributed by atoms with Crippen molar-refractivity contribution < 1.29 is 0 Å². The van der Waals surface area contributed by atoms with E-state index in [1.807, 2.05) is 0 Å². The first-order chi connectivity index (χ1) is 6.36. The zero-order valence-corrected chi connectivity index (χ0v) is 7.66. The van der Waals surface area contributed by atoms with E-state index in [1.165, 1.54) is 29.8 Å². The molecular formula is C12H13N. The molecule has 1 aromatic rings. The van der Waals surface area contributed by atoms with Crippen molar-refractivity contribution in [2.45, 2.75) is 12.3 Å². The zero-order valence-electron chi connectivity index (χ0n) is 7.66. The van der Waals surface area contributed by atoms with Crippen LogP contribution in [-0.2, 0) is 0 Å². The van der Waals surface area contributed by atoms with Crippen LogP contribution in [-0.4, -0.2) is 13.1 Å². The molecule has 1 atom stereocenters. The smallest absolute Gasteiger partial charge is 0.0407 e. The molecule has 2 bridgehead atoms. The van der Waals surface area contributed by atoms with Crippen molar-refractivity contribution >= 4 is 5.69 Å². The molecule has 13 heavy (non-hydrogen) atoms. The van der Waals surface area contributed by atoms with Gasteiger partial charge in [0, 0.05) is 24.7 Å². The third kappa shape index (κ3) is 0.873. The van der Waals surface area contributed by atoms with E-state index in [2.05, 4.69) is 35.7 Å². The Bertz CT molecular complexity index is 367. The Balaban J connectivity index is 2.21. The number of anilines is 1. The van der Waals surface area contributed by atoms with Gasteiger partial charge < -0.3 is 4.90 Å². The van der Waals surface area contributed by atoms with E-state index in [1.54, 1.807) is 0 Å². The van der Waals surface area contributed by atoms with Gasteiger partial charge in [-0.05, 0) is 18.1 Å². The van der Waals surface area contributed by atoms with E-state index in [9.17, 15) is 0 Å². The highest BCUT2D eigenvalue weighted by molar-refractivity contribution is 5.63. The molecule has 0 saturated carbocycles. The summed E-state index contributed by atoms with van der Waals surface area (Å²) in [5.74, 6) is 0.640. The molecule has 3 heterocycles. The Hall–Kier alpha value is -1.24. The molecule has 0 N–H and O–H groups in total. The van der Waals surface area contributed by atoms with E-state index in [0.717, 1.165) is 6.54 Å². The number of hydrogen-bond acceptors (Lipinski definition) is 1. The maximum Gasteiger partial charge on any atom is 0.0407 e. The Kier molecular flexibility index (Phi) is 1.32. The van der Waals surface area contributed by atoms with Crippen LogP contribution in [0.4, 0.5) is 5.69 Å². The fourth-order valence-electron chi connectivity index (χ4n) is 2.57. The summed E-state index contributed by atoms with van der Waals surface area (Å²) >= 11 is 0. The number of para-hydroxylation sites is 1. The van der Waals surface area contributed by atoms with E-state index in [-0.39, 0.29) is 0 Å². The molecule has 1 fully saturated rings. The van der Waals surface area contributed by atoms with Gasteiger partial charge in [0.25, 0.3) is 0 Å². The predicted octanol–water partition coefficient (Wildman–Crippen LogP) is 2.55. The monoisotopic (exact) mass is 171 g/mol. The van der Waals surface area contributed by atoms with Crippen molar-refractivity contribution in [3.63, 3.8) is 0 Å². The molecule has 1 saturated heterocycles. The van der Waals surface area contributed by atoms with E-state index in [0.29, 0.717) is 5.92 Å². The molecule has 1 aromatic carbocycles. The first kappa shape index (κ1) is 7.19. The van der Waals surface area contributed by atoms with Crippen LogP contribution in [0.2, 0.25) is 0 Å². The second kappa shape index (κ2) is 2.38. The standard InChI is InChI=1S/C12H13N/c1-9-8-13-7-6-10(9)11-4-2-3-5-12(11)13/h2-5,10H,1,6-8H2. The van der Waals surface area contributed by atoms with Crippen molar-refractivity contribution in [1.29, 1.82) is 0 Å². The predicted molar refractivity (Wildman–Crippen MR) is 55.2 cm³/mol. The highest BCUT2D eigenvalue weighted by atomic mass is 15.2. The fourth-order valence-corrected chi connectivity index (χ4v) is 2.57. The van der Waals surface area contributed by atoms with E-state index >= 15 is 0 Å². The highest BCUT2D eigenvalue weighted by Crippen LogP contribution is 2.43.